The van der Waals surface area contributed by atoms with Crippen LogP contribution in [0.1, 0.15) is 26.7 Å². The molecule has 1 aliphatic rings. The van der Waals surface area contributed by atoms with Gasteiger partial charge in [-0.05, 0) is 26.7 Å². The van der Waals surface area contributed by atoms with Gasteiger partial charge in [0.25, 0.3) is 0 Å². The standard InChI is InChI=1S/C10H18N2O3S2/c1-9(2,17(3,14)15)6-12-8(13)10(4-5-10)7(11)16/h4-6H2,1-3H3,(H2,11,16)(H,12,13). The number of nitrogens with two attached hydrogens (primary N) is 1. The molecule has 0 atom stereocenters. The predicted octanol–water partition coefficient (Wildman–Crippen LogP) is -0.00790. The lowest BCUT2D eigenvalue weighted by Crippen LogP contribution is -2.48. The van der Waals surface area contributed by atoms with E-state index < -0.39 is 20.0 Å². The van der Waals surface area contributed by atoms with E-state index in [4.69, 9.17) is 18.0 Å². The highest BCUT2D eigenvalue weighted by molar-refractivity contribution is 7.92. The van der Waals surface area contributed by atoms with E-state index >= 15 is 0 Å². The van der Waals surface area contributed by atoms with Gasteiger partial charge in [-0.1, -0.05) is 12.2 Å². The van der Waals surface area contributed by atoms with Crippen LogP contribution in [0.5, 0.6) is 0 Å². The van der Waals surface area contributed by atoms with Gasteiger partial charge < -0.3 is 11.1 Å². The highest BCUT2D eigenvalue weighted by Crippen LogP contribution is 2.46. The number of amides is 1. The first-order valence-corrected chi connectivity index (χ1v) is 7.61. The number of thiocarbonyl (C=S) groups is 1. The summed E-state index contributed by atoms with van der Waals surface area (Å²) in [6.45, 7) is 3.21. The minimum atomic E-state index is -3.22. The van der Waals surface area contributed by atoms with Gasteiger partial charge in [0.1, 0.15) is 0 Å². The summed E-state index contributed by atoms with van der Waals surface area (Å²) in [7, 11) is -3.22. The van der Waals surface area contributed by atoms with Crippen LogP contribution in [0.2, 0.25) is 0 Å². The summed E-state index contributed by atoms with van der Waals surface area (Å²) >= 11 is 4.85. The van der Waals surface area contributed by atoms with Crippen LogP contribution in [0, 0.1) is 5.41 Å². The third kappa shape index (κ3) is 2.77. The van der Waals surface area contributed by atoms with Crippen molar-refractivity contribution >= 4 is 33.0 Å². The Hall–Kier alpha value is -0.690. The minimum absolute atomic E-state index is 0.0645. The van der Waals surface area contributed by atoms with E-state index in [9.17, 15) is 13.2 Å². The summed E-state index contributed by atoms with van der Waals surface area (Å²) in [5, 5.41) is 2.63. The lowest BCUT2D eigenvalue weighted by molar-refractivity contribution is -0.124. The SMILES string of the molecule is CC(C)(CNC(=O)C1(C(N)=S)CC1)S(C)(=O)=O. The van der Waals surface area contributed by atoms with Gasteiger partial charge in [0, 0.05) is 12.8 Å². The second-order valence-electron chi connectivity index (χ2n) is 5.16. The first-order chi connectivity index (χ1) is 7.53. The second kappa shape index (κ2) is 4.20. The molecule has 1 fully saturated rings. The second-order valence-corrected chi connectivity index (χ2v) is 8.25. The molecule has 7 heteroatoms. The molecule has 0 saturated heterocycles. The van der Waals surface area contributed by atoms with Gasteiger partial charge >= 0.3 is 0 Å². The molecule has 0 bridgehead atoms. The Bertz CT molecular complexity index is 450. The Morgan fingerprint density at radius 2 is 1.94 bits per heavy atom. The zero-order chi connectivity index (χ0) is 13.5. The van der Waals surface area contributed by atoms with E-state index in [-0.39, 0.29) is 17.4 Å². The van der Waals surface area contributed by atoms with Crippen LogP contribution in [0.4, 0.5) is 0 Å². The van der Waals surface area contributed by atoms with Crippen molar-refractivity contribution < 1.29 is 13.2 Å². The molecule has 0 aliphatic heterocycles. The van der Waals surface area contributed by atoms with Crippen molar-refractivity contribution in [3.63, 3.8) is 0 Å². The molecule has 17 heavy (non-hydrogen) atoms. The number of nitrogens with one attached hydrogen (secondary N) is 1. The van der Waals surface area contributed by atoms with Crippen LogP contribution in [0.15, 0.2) is 0 Å². The first-order valence-electron chi connectivity index (χ1n) is 5.31. The molecule has 0 aromatic heterocycles. The van der Waals surface area contributed by atoms with Crippen LogP contribution in [-0.2, 0) is 14.6 Å². The van der Waals surface area contributed by atoms with Crippen molar-refractivity contribution in [3.8, 4) is 0 Å². The first kappa shape index (κ1) is 14.4. The normalized spacial score (nSPS) is 18.5. The molecular weight excluding hydrogens is 260 g/mol. The van der Waals surface area contributed by atoms with Gasteiger partial charge in [-0.25, -0.2) is 8.42 Å². The van der Waals surface area contributed by atoms with Crippen molar-refractivity contribution in [2.24, 2.45) is 11.1 Å². The molecule has 1 rings (SSSR count). The monoisotopic (exact) mass is 278 g/mol. The van der Waals surface area contributed by atoms with Crippen LogP contribution in [-0.4, -0.2) is 36.9 Å². The van der Waals surface area contributed by atoms with Crippen molar-refractivity contribution in [1.82, 2.24) is 5.32 Å². The Kier molecular flexibility index (Phi) is 3.55. The molecule has 1 aliphatic carbocycles. The fourth-order valence-electron chi connectivity index (χ4n) is 1.30. The predicted molar refractivity (Wildman–Crippen MR) is 70.4 cm³/mol. The number of sulfone groups is 1. The Morgan fingerprint density at radius 1 is 1.47 bits per heavy atom. The lowest BCUT2D eigenvalue weighted by atomic mass is 10.1. The van der Waals surface area contributed by atoms with E-state index in [1.54, 1.807) is 13.8 Å². The topological polar surface area (TPSA) is 89.3 Å². The average Bonchev–Trinajstić information content (AvgIpc) is 2.92. The molecule has 0 radical (unpaired) electrons. The number of carbonyl (C=O) groups excluding carboxylic acids is 1. The van der Waals surface area contributed by atoms with E-state index in [1.807, 2.05) is 0 Å². The van der Waals surface area contributed by atoms with E-state index in [2.05, 4.69) is 5.32 Å². The summed E-state index contributed by atoms with van der Waals surface area (Å²) in [4.78, 5) is 12.1. The molecule has 0 aromatic carbocycles. The van der Waals surface area contributed by atoms with Gasteiger partial charge in [0.2, 0.25) is 5.91 Å². The molecule has 0 aromatic rings. The van der Waals surface area contributed by atoms with Gasteiger partial charge in [-0.3, -0.25) is 4.79 Å². The lowest BCUT2D eigenvalue weighted by Gasteiger charge is -2.24. The number of hydrogen-bond acceptors (Lipinski definition) is 4. The fourth-order valence-corrected chi connectivity index (χ4v) is 1.93. The van der Waals surface area contributed by atoms with E-state index in [0.29, 0.717) is 12.8 Å². The molecule has 0 heterocycles. The molecule has 1 amide bonds. The third-order valence-electron chi connectivity index (χ3n) is 3.33. The molecule has 98 valence electrons. The fraction of sp³-hybridized carbons (Fsp3) is 0.800. The molecule has 1 saturated carbocycles. The molecule has 0 spiro atoms. The summed E-state index contributed by atoms with van der Waals surface area (Å²) in [5.74, 6) is -0.262. The Morgan fingerprint density at radius 3 is 2.24 bits per heavy atom. The maximum absolute atomic E-state index is 11.9. The van der Waals surface area contributed by atoms with E-state index in [0.717, 1.165) is 6.26 Å². The highest BCUT2D eigenvalue weighted by atomic mass is 32.2. The van der Waals surface area contributed by atoms with Crippen molar-refractivity contribution in [3.05, 3.63) is 0 Å². The maximum Gasteiger partial charge on any atom is 0.233 e. The molecule has 0 unspecified atom stereocenters. The Labute approximate surface area is 107 Å². The summed E-state index contributed by atoms with van der Waals surface area (Å²) < 4.78 is 21.9. The van der Waals surface area contributed by atoms with Gasteiger partial charge in [-0.15, -0.1) is 0 Å². The zero-order valence-electron chi connectivity index (χ0n) is 10.2. The smallest absolute Gasteiger partial charge is 0.233 e. The summed E-state index contributed by atoms with van der Waals surface area (Å²) in [6, 6.07) is 0. The van der Waals surface area contributed by atoms with Crippen molar-refractivity contribution in [1.29, 1.82) is 0 Å². The van der Waals surface area contributed by atoms with Gasteiger partial charge in [0.05, 0.1) is 15.2 Å². The van der Waals surface area contributed by atoms with Crippen molar-refractivity contribution in [2.45, 2.75) is 31.4 Å². The third-order valence-corrected chi connectivity index (χ3v) is 5.88. The summed E-state index contributed by atoms with van der Waals surface area (Å²) in [5.41, 5.74) is 4.78. The maximum atomic E-state index is 11.9. The largest absolute Gasteiger partial charge is 0.392 e. The minimum Gasteiger partial charge on any atom is -0.392 e. The molecule has 5 nitrogen and oxygen atoms in total. The van der Waals surface area contributed by atoms with E-state index in [1.165, 1.54) is 0 Å². The van der Waals surface area contributed by atoms with Gasteiger partial charge in [0.15, 0.2) is 9.84 Å². The van der Waals surface area contributed by atoms with Crippen LogP contribution >= 0.6 is 12.2 Å². The molecule has 3 N–H and O–H groups in total. The van der Waals surface area contributed by atoms with Gasteiger partial charge in [-0.2, -0.15) is 0 Å². The quantitative estimate of drug-likeness (QED) is 0.691. The highest BCUT2D eigenvalue weighted by Gasteiger charge is 2.53. The van der Waals surface area contributed by atoms with Crippen molar-refractivity contribution in [2.75, 3.05) is 12.8 Å². The zero-order valence-corrected chi connectivity index (χ0v) is 11.9. The molecular formula is C10H18N2O3S2. The van der Waals surface area contributed by atoms with Crippen LogP contribution in [0.3, 0.4) is 0 Å². The number of rotatable bonds is 5. The van der Waals surface area contributed by atoms with Crippen LogP contribution in [0.25, 0.3) is 0 Å². The van der Waals surface area contributed by atoms with Crippen LogP contribution < -0.4 is 11.1 Å². The number of carbonyl (C=O) groups is 1. The number of hydrogen-bond donors (Lipinski definition) is 2. The Balaban J connectivity index is 2.65. The summed E-state index contributed by atoms with van der Waals surface area (Å²) in [6.07, 6.45) is 2.44. The average molecular weight is 278 g/mol.